The molecule has 37 heavy (non-hydrogen) atoms. The van der Waals surface area contributed by atoms with Gasteiger partial charge in [0.05, 0.1) is 0 Å². The molecule has 0 fully saturated rings. The predicted molar refractivity (Wildman–Crippen MR) is 153 cm³/mol. The standard InChI is InChI=1S/C34H34O3/c1-26(2)18-19-35-32-20-31(21-33(23-32)36-24-29-10-6-4-7-11-29)17-16-28-15-14-27(3)34(22-28)37-25-30-12-8-5-9-13-30/h4-18,20-23H,19,24-25H2,1-3H3/b17-16+. The molecule has 0 saturated carbocycles. The van der Waals surface area contributed by atoms with Gasteiger partial charge in [0, 0.05) is 6.07 Å². The molecule has 4 rings (SSSR count). The summed E-state index contributed by atoms with van der Waals surface area (Å²) in [5, 5.41) is 0. The van der Waals surface area contributed by atoms with Gasteiger partial charge in [-0.25, -0.2) is 0 Å². The predicted octanol–water partition coefficient (Wildman–Crippen LogP) is 8.67. The summed E-state index contributed by atoms with van der Waals surface area (Å²) in [5.41, 5.74) is 6.68. The van der Waals surface area contributed by atoms with Gasteiger partial charge < -0.3 is 14.2 Å². The van der Waals surface area contributed by atoms with E-state index in [1.807, 2.05) is 54.6 Å². The molecular formula is C34H34O3. The third-order valence-corrected chi connectivity index (χ3v) is 5.81. The minimum atomic E-state index is 0.501. The van der Waals surface area contributed by atoms with Crippen molar-refractivity contribution in [3.8, 4) is 17.2 Å². The summed E-state index contributed by atoms with van der Waals surface area (Å²) in [6.07, 6.45) is 6.23. The maximum absolute atomic E-state index is 6.11. The van der Waals surface area contributed by atoms with E-state index in [0.717, 1.165) is 45.1 Å². The van der Waals surface area contributed by atoms with Gasteiger partial charge in [0.1, 0.15) is 37.1 Å². The molecule has 0 aliphatic carbocycles. The summed E-state index contributed by atoms with van der Waals surface area (Å²) in [5.74, 6) is 2.43. The molecule has 0 N–H and O–H groups in total. The van der Waals surface area contributed by atoms with E-state index < -0.39 is 0 Å². The quantitative estimate of drug-likeness (QED) is 0.155. The minimum absolute atomic E-state index is 0.501. The van der Waals surface area contributed by atoms with Crippen LogP contribution in [0.1, 0.15) is 41.7 Å². The first kappa shape index (κ1) is 25.8. The van der Waals surface area contributed by atoms with Crippen LogP contribution in [0.4, 0.5) is 0 Å². The van der Waals surface area contributed by atoms with Crippen LogP contribution in [0.3, 0.4) is 0 Å². The van der Waals surface area contributed by atoms with Crippen LogP contribution in [-0.4, -0.2) is 6.61 Å². The van der Waals surface area contributed by atoms with Crippen LogP contribution in [0.25, 0.3) is 12.2 Å². The summed E-state index contributed by atoms with van der Waals surface area (Å²) < 4.78 is 18.2. The average molecular weight is 491 g/mol. The van der Waals surface area contributed by atoms with Gasteiger partial charge in [-0.1, -0.05) is 90.5 Å². The number of allylic oxidation sites excluding steroid dienone is 1. The summed E-state index contributed by atoms with van der Waals surface area (Å²) >= 11 is 0. The number of hydrogen-bond donors (Lipinski definition) is 0. The van der Waals surface area contributed by atoms with Crippen molar-refractivity contribution in [2.75, 3.05) is 6.61 Å². The Morgan fingerprint density at radius 2 is 1.22 bits per heavy atom. The summed E-state index contributed by atoms with van der Waals surface area (Å²) in [6, 6.07) is 32.7. The van der Waals surface area contributed by atoms with Gasteiger partial charge in [-0.15, -0.1) is 0 Å². The topological polar surface area (TPSA) is 27.7 Å². The van der Waals surface area contributed by atoms with Crippen molar-refractivity contribution in [2.24, 2.45) is 0 Å². The van der Waals surface area contributed by atoms with Crippen molar-refractivity contribution in [1.29, 1.82) is 0 Å². The molecular weight excluding hydrogens is 456 g/mol. The molecule has 0 aromatic heterocycles. The minimum Gasteiger partial charge on any atom is -0.489 e. The third-order valence-electron chi connectivity index (χ3n) is 5.81. The molecule has 0 aliphatic rings. The lowest BCUT2D eigenvalue weighted by atomic mass is 10.1. The van der Waals surface area contributed by atoms with E-state index in [1.54, 1.807) is 0 Å². The maximum Gasteiger partial charge on any atom is 0.124 e. The fourth-order valence-corrected chi connectivity index (χ4v) is 3.71. The first-order valence-corrected chi connectivity index (χ1v) is 12.6. The number of benzene rings is 4. The highest BCUT2D eigenvalue weighted by Gasteiger charge is 2.05. The second-order valence-electron chi connectivity index (χ2n) is 9.24. The molecule has 4 aromatic rings. The molecule has 0 aliphatic heterocycles. The number of aryl methyl sites for hydroxylation is 1. The molecule has 3 nitrogen and oxygen atoms in total. The monoisotopic (exact) mass is 490 g/mol. The van der Waals surface area contributed by atoms with E-state index in [1.165, 1.54) is 5.57 Å². The van der Waals surface area contributed by atoms with Crippen molar-refractivity contribution in [3.63, 3.8) is 0 Å². The van der Waals surface area contributed by atoms with Crippen LogP contribution in [0.15, 0.2) is 109 Å². The molecule has 0 bridgehead atoms. The molecule has 0 atom stereocenters. The Bertz CT molecular complexity index is 1330. The lowest BCUT2D eigenvalue weighted by Crippen LogP contribution is -1.98. The largest absolute Gasteiger partial charge is 0.489 e. The van der Waals surface area contributed by atoms with Gasteiger partial charge in [-0.3, -0.25) is 0 Å². The molecule has 0 unspecified atom stereocenters. The van der Waals surface area contributed by atoms with E-state index in [-0.39, 0.29) is 0 Å². The number of rotatable bonds is 11. The van der Waals surface area contributed by atoms with E-state index in [0.29, 0.717) is 19.8 Å². The highest BCUT2D eigenvalue weighted by Crippen LogP contribution is 2.27. The van der Waals surface area contributed by atoms with Crippen molar-refractivity contribution in [3.05, 3.63) is 137 Å². The maximum atomic E-state index is 6.11. The zero-order valence-corrected chi connectivity index (χ0v) is 21.8. The molecule has 3 heteroatoms. The van der Waals surface area contributed by atoms with Crippen LogP contribution in [0.2, 0.25) is 0 Å². The fraction of sp³-hybridized carbons (Fsp3) is 0.176. The van der Waals surface area contributed by atoms with Crippen LogP contribution in [-0.2, 0) is 13.2 Å². The lowest BCUT2D eigenvalue weighted by molar-refractivity contribution is 0.301. The molecule has 0 heterocycles. The second-order valence-corrected chi connectivity index (χ2v) is 9.24. The first-order chi connectivity index (χ1) is 18.0. The Hall–Kier alpha value is -4.24. The molecule has 0 saturated heterocycles. The molecule has 4 aromatic carbocycles. The zero-order chi connectivity index (χ0) is 25.9. The van der Waals surface area contributed by atoms with Crippen LogP contribution < -0.4 is 14.2 Å². The van der Waals surface area contributed by atoms with Crippen molar-refractivity contribution in [1.82, 2.24) is 0 Å². The Kier molecular flexibility index (Phi) is 9.20. The molecule has 0 spiro atoms. The summed E-state index contributed by atoms with van der Waals surface area (Å²) in [6.45, 7) is 7.77. The Labute approximate surface area is 220 Å². The molecule has 188 valence electrons. The van der Waals surface area contributed by atoms with Gasteiger partial charge in [-0.2, -0.15) is 0 Å². The van der Waals surface area contributed by atoms with Crippen molar-refractivity contribution in [2.45, 2.75) is 34.0 Å². The van der Waals surface area contributed by atoms with Gasteiger partial charge >= 0.3 is 0 Å². The third kappa shape index (κ3) is 8.43. The Morgan fingerprint density at radius 1 is 0.622 bits per heavy atom. The average Bonchev–Trinajstić information content (AvgIpc) is 2.91. The highest BCUT2D eigenvalue weighted by atomic mass is 16.5. The molecule has 0 amide bonds. The molecule has 0 radical (unpaired) electrons. The van der Waals surface area contributed by atoms with E-state index in [4.69, 9.17) is 14.2 Å². The fourth-order valence-electron chi connectivity index (χ4n) is 3.71. The zero-order valence-electron chi connectivity index (χ0n) is 21.8. The Balaban J connectivity index is 1.51. The van der Waals surface area contributed by atoms with Crippen LogP contribution in [0, 0.1) is 6.92 Å². The lowest BCUT2D eigenvalue weighted by Gasteiger charge is -2.11. The van der Waals surface area contributed by atoms with E-state index >= 15 is 0 Å². The van der Waals surface area contributed by atoms with Gasteiger partial charge in [0.25, 0.3) is 0 Å². The SMILES string of the molecule is CC(C)=CCOc1cc(/C=C/c2ccc(C)c(OCc3ccccc3)c2)cc(OCc2ccccc2)c1. The summed E-state index contributed by atoms with van der Waals surface area (Å²) in [4.78, 5) is 0. The normalized spacial score (nSPS) is 10.8. The van der Waals surface area contributed by atoms with Crippen molar-refractivity contribution >= 4 is 12.2 Å². The van der Waals surface area contributed by atoms with E-state index in [9.17, 15) is 0 Å². The first-order valence-electron chi connectivity index (χ1n) is 12.6. The summed E-state index contributed by atoms with van der Waals surface area (Å²) in [7, 11) is 0. The number of ether oxygens (including phenoxy) is 3. The smallest absolute Gasteiger partial charge is 0.124 e. The second kappa shape index (κ2) is 13.2. The van der Waals surface area contributed by atoms with Crippen LogP contribution in [0.5, 0.6) is 17.2 Å². The van der Waals surface area contributed by atoms with E-state index in [2.05, 4.69) is 81.5 Å². The number of hydrogen-bond acceptors (Lipinski definition) is 3. The van der Waals surface area contributed by atoms with Gasteiger partial charge in [-0.05, 0) is 72.9 Å². The highest BCUT2D eigenvalue weighted by molar-refractivity contribution is 5.72. The Morgan fingerprint density at radius 3 is 1.86 bits per heavy atom. The van der Waals surface area contributed by atoms with Gasteiger partial charge in [0.2, 0.25) is 0 Å². The van der Waals surface area contributed by atoms with Crippen molar-refractivity contribution < 1.29 is 14.2 Å². The van der Waals surface area contributed by atoms with Crippen LogP contribution >= 0.6 is 0 Å². The van der Waals surface area contributed by atoms with Gasteiger partial charge in [0.15, 0.2) is 0 Å².